The molecule has 3 rings (SSSR count). The number of sulfonamides is 1. The minimum Gasteiger partial charge on any atom is -0.352 e. The summed E-state index contributed by atoms with van der Waals surface area (Å²) >= 11 is 6.16. The van der Waals surface area contributed by atoms with Crippen LogP contribution in [0.25, 0.3) is 0 Å². The number of carbonyl (C=O) groups excluding carboxylic acids is 2. The van der Waals surface area contributed by atoms with Gasteiger partial charge in [0.1, 0.15) is 12.6 Å². The number of rotatable bonds is 11. The number of nitrogens with one attached hydrogen (secondary N) is 1. The molecule has 2 aromatic rings. The molecule has 2 amide bonds. The van der Waals surface area contributed by atoms with Gasteiger partial charge in [-0.1, -0.05) is 74.2 Å². The molecule has 0 aromatic heterocycles. The van der Waals surface area contributed by atoms with E-state index in [9.17, 15) is 18.0 Å². The molecular weight excluding hydrogens is 510 g/mol. The van der Waals surface area contributed by atoms with Crippen molar-refractivity contribution in [3.8, 4) is 0 Å². The molecule has 1 saturated carbocycles. The SMILES string of the molecule is CCC(C(=O)NC1CCCCC1)N(CCc1ccccc1)C(=O)CN(c1cc(Cl)ccc1C)S(C)(=O)=O. The van der Waals surface area contributed by atoms with E-state index in [1.165, 1.54) is 6.42 Å². The van der Waals surface area contributed by atoms with Crippen LogP contribution in [0.4, 0.5) is 5.69 Å². The molecule has 0 heterocycles. The molecule has 7 nitrogen and oxygen atoms in total. The Morgan fingerprint density at radius 1 is 1.08 bits per heavy atom. The number of hydrogen-bond donors (Lipinski definition) is 1. The van der Waals surface area contributed by atoms with Crippen molar-refractivity contribution in [2.45, 2.75) is 70.9 Å². The molecule has 0 bridgehead atoms. The van der Waals surface area contributed by atoms with Crippen LogP contribution in [0.5, 0.6) is 0 Å². The topological polar surface area (TPSA) is 86.8 Å². The average molecular weight is 548 g/mol. The van der Waals surface area contributed by atoms with Crippen LogP contribution in [0.3, 0.4) is 0 Å². The third kappa shape index (κ3) is 8.20. The van der Waals surface area contributed by atoms with Crippen molar-refractivity contribution < 1.29 is 18.0 Å². The molecule has 1 aliphatic carbocycles. The van der Waals surface area contributed by atoms with Crippen molar-refractivity contribution in [3.05, 3.63) is 64.7 Å². The predicted molar refractivity (Wildman–Crippen MR) is 149 cm³/mol. The summed E-state index contributed by atoms with van der Waals surface area (Å²) in [5.74, 6) is -0.605. The first kappa shape index (κ1) is 29.0. The van der Waals surface area contributed by atoms with Crippen molar-refractivity contribution >= 4 is 39.1 Å². The Bertz CT molecular complexity index is 1170. The molecule has 9 heteroatoms. The Labute approximate surface area is 226 Å². The molecular formula is C28H38ClN3O4S. The van der Waals surface area contributed by atoms with Gasteiger partial charge in [-0.2, -0.15) is 0 Å². The third-order valence-corrected chi connectivity index (χ3v) is 8.30. The predicted octanol–water partition coefficient (Wildman–Crippen LogP) is 4.71. The summed E-state index contributed by atoms with van der Waals surface area (Å²) in [4.78, 5) is 28.7. The van der Waals surface area contributed by atoms with Crippen LogP contribution < -0.4 is 9.62 Å². The highest BCUT2D eigenvalue weighted by molar-refractivity contribution is 7.92. The summed E-state index contributed by atoms with van der Waals surface area (Å²) in [7, 11) is -3.80. The van der Waals surface area contributed by atoms with Gasteiger partial charge in [-0.15, -0.1) is 0 Å². The Hall–Kier alpha value is -2.58. The molecule has 37 heavy (non-hydrogen) atoms. The van der Waals surface area contributed by atoms with E-state index < -0.39 is 28.5 Å². The first-order valence-electron chi connectivity index (χ1n) is 13.0. The maximum absolute atomic E-state index is 13.8. The van der Waals surface area contributed by atoms with E-state index in [0.717, 1.165) is 41.8 Å². The fourth-order valence-corrected chi connectivity index (χ4v) is 5.95. The van der Waals surface area contributed by atoms with Gasteiger partial charge in [-0.3, -0.25) is 13.9 Å². The summed E-state index contributed by atoms with van der Waals surface area (Å²) < 4.78 is 26.7. The van der Waals surface area contributed by atoms with Gasteiger partial charge in [0.05, 0.1) is 11.9 Å². The highest BCUT2D eigenvalue weighted by atomic mass is 35.5. The standard InChI is InChI=1S/C28H38ClN3O4S/c1-4-25(28(34)30-24-13-9-6-10-14-24)31(18-17-22-11-7-5-8-12-22)27(33)20-32(37(3,35)36)26-19-23(29)16-15-21(26)2/h5,7-8,11-12,15-16,19,24-25H,4,6,9-10,13-14,17-18,20H2,1-3H3,(H,30,34). The second-order valence-corrected chi connectivity index (χ2v) is 12.1. The maximum Gasteiger partial charge on any atom is 0.244 e. The lowest BCUT2D eigenvalue weighted by Gasteiger charge is -2.34. The molecule has 0 saturated heterocycles. The van der Waals surface area contributed by atoms with Gasteiger partial charge in [0.2, 0.25) is 21.8 Å². The normalized spacial score (nSPS) is 15.1. The van der Waals surface area contributed by atoms with E-state index in [4.69, 9.17) is 11.6 Å². The molecule has 0 radical (unpaired) electrons. The van der Waals surface area contributed by atoms with Crippen molar-refractivity contribution in [3.63, 3.8) is 0 Å². The zero-order valence-electron chi connectivity index (χ0n) is 22.0. The molecule has 1 aliphatic rings. The molecule has 0 aliphatic heterocycles. The molecule has 2 aromatic carbocycles. The number of benzene rings is 2. The number of nitrogens with zero attached hydrogens (tertiary/aromatic N) is 2. The fourth-order valence-electron chi connectivity index (χ4n) is 4.89. The minimum atomic E-state index is -3.80. The third-order valence-electron chi connectivity index (χ3n) is 6.94. The van der Waals surface area contributed by atoms with E-state index in [1.54, 1.807) is 30.0 Å². The summed E-state index contributed by atoms with van der Waals surface area (Å²) in [6, 6.07) is 14.1. The molecule has 0 spiro atoms. The fraction of sp³-hybridized carbons (Fsp3) is 0.500. The lowest BCUT2D eigenvalue weighted by molar-refractivity contribution is -0.140. The first-order chi connectivity index (χ1) is 17.6. The minimum absolute atomic E-state index is 0.114. The second-order valence-electron chi connectivity index (χ2n) is 9.79. The Balaban J connectivity index is 1.88. The van der Waals surface area contributed by atoms with Crippen molar-refractivity contribution in [1.29, 1.82) is 0 Å². The van der Waals surface area contributed by atoms with Crippen molar-refractivity contribution in [1.82, 2.24) is 10.2 Å². The van der Waals surface area contributed by atoms with E-state index in [0.29, 0.717) is 35.7 Å². The van der Waals surface area contributed by atoms with E-state index in [1.807, 2.05) is 37.3 Å². The number of hydrogen-bond acceptors (Lipinski definition) is 4. The first-order valence-corrected chi connectivity index (χ1v) is 15.2. The van der Waals surface area contributed by atoms with Crippen LogP contribution in [0.15, 0.2) is 48.5 Å². The molecule has 1 N–H and O–H groups in total. The van der Waals surface area contributed by atoms with E-state index in [2.05, 4.69) is 5.32 Å². The van der Waals surface area contributed by atoms with Crippen molar-refractivity contribution in [2.24, 2.45) is 0 Å². The van der Waals surface area contributed by atoms with E-state index >= 15 is 0 Å². The second kappa shape index (κ2) is 13.3. The summed E-state index contributed by atoms with van der Waals surface area (Å²) in [5, 5.41) is 3.53. The van der Waals surface area contributed by atoms with Crippen LogP contribution in [-0.2, 0) is 26.0 Å². The average Bonchev–Trinajstić information content (AvgIpc) is 2.87. The van der Waals surface area contributed by atoms with Crippen LogP contribution >= 0.6 is 11.6 Å². The van der Waals surface area contributed by atoms with E-state index in [-0.39, 0.29) is 11.9 Å². The lowest BCUT2D eigenvalue weighted by atomic mass is 9.95. The summed E-state index contributed by atoms with van der Waals surface area (Å²) in [6.45, 7) is 3.53. The Morgan fingerprint density at radius 2 is 1.76 bits per heavy atom. The highest BCUT2D eigenvalue weighted by Crippen LogP contribution is 2.27. The Morgan fingerprint density at radius 3 is 2.38 bits per heavy atom. The molecule has 1 fully saturated rings. The van der Waals surface area contributed by atoms with Gasteiger partial charge in [0.15, 0.2) is 0 Å². The van der Waals surface area contributed by atoms with Crippen molar-refractivity contribution in [2.75, 3.05) is 23.7 Å². The van der Waals surface area contributed by atoms with Crippen LogP contribution in [0, 0.1) is 6.92 Å². The number of anilines is 1. The highest BCUT2D eigenvalue weighted by Gasteiger charge is 2.32. The van der Waals surface area contributed by atoms with Gasteiger partial charge in [0, 0.05) is 17.6 Å². The number of amides is 2. The smallest absolute Gasteiger partial charge is 0.244 e. The molecule has 1 unspecified atom stereocenters. The zero-order valence-corrected chi connectivity index (χ0v) is 23.5. The summed E-state index contributed by atoms with van der Waals surface area (Å²) in [6.07, 6.45) is 7.27. The van der Waals surface area contributed by atoms with Gasteiger partial charge in [-0.25, -0.2) is 8.42 Å². The number of aryl methyl sites for hydroxylation is 1. The van der Waals surface area contributed by atoms with Gasteiger partial charge in [0.25, 0.3) is 0 Å². The van der Waals surface area contributed by atoms with Crippen LogP contribution in [0.2, 0.25) is 5.02 Å². The van der Waals surface area contributed by atoms with Gasteiger partial charge >= 0.3 is 0 Å². The quantitative estimate of drug-likeness (QED) is 0.441. The number of carbonyl (C=O) groups is 2. The van der Waals surface area contributed by atoms with Crippen LogP contribution in [0.1, 0.15) is 56.6 Å². The lowest BCUT2D eigenvalue weighted by Crippen LogP contribution is -2.54. The van der Waals surface area contributed by atoms with Gasteiger partial charge in [-0.05, 0) is 55.9 Å². The van der Waals surface area contributed by atoms with Crippen LogP contribution in [-0.4, -0.2) is 56.6 Å². The van der Waals surface area contributed by atoms with Gasteiger partial charge < -0.3 is 10.2 Å². The monoisotopic (exact) mass is 547 g/mol. The zero-order chi connectivity index (χ0) is 27.0. The Kier molecular flexibility index (Phi) is 10.4. The molecule has 1 atom stereocenters. The number of halogens is 1. The maximum atomic E-state index is 13.8. The summed E-state index contributed by atoms with van der Waals surface area (Å²) in [5.41, 5.74) is 2.07. The largest absolute Gasteiger partial charge is 0.352 e. The molecule has 202 valence electrons.